The molecule has 2 fully saturated rings. The van der Waals surface area contributed by atoms with Gasteiger partial charge in [-0.1, -0.05) is 6.07 Å². The van der Waals surface area contributed by atoms with Gasteiger partial charge in [-0.25, -0.2) is 21.2 Å². The number of likely N-dealkylation sites (tertiary alicyclic amines) is 1. The fourth-order valence-corrected chi connectivity index (χ4v) is 6.65. The quantitative estimate of drug-likeness (QED) is 0.445. The number of hydrogen-bond acceptors (Lipinski definition) is 6. The van der Waals surface area contributed by atoms with E-state index < -0.39 is 26.6 Å². The van der Waals surface area contributed by atoms with Crippen molar-refractivity contribution in [2.75, 3.05) is 38.1 Å². The van der Waals surface area contributed by atoms with Gasteiger partial charge in [-0.05, 0) is 37.4 Å². The number of pyridine rings is 2. The van der Waals surface area contributed by atoms with Crippen LogP contribution >= 0.6 is 0 Å². The van der Waals surface area contributed by atoms with Crippen molar-refractivity contribution in [1.82, 2.24) is 18.8 Å². The molecule has 0 bridgehead atoms. The number of halogens is 2. The molecule has 174 valence electrons. The lowest BCUT2D eigenvalue weighted by molar-refractivity contribution is -0.00305. The highest BCUT2D eigenvalue weighted by molar-refractivity contribution is 7.90. The Morgan fingerprint density at radius 1 is 1.00 bits per heavy atom. The van der Waals surface area contributed by atoms with E-state index in [9.17, 15) is 8.42 Å². The number of rotatable bonds is 4. The summed E-state index contributed by atoms with van der Waals surface area (Å²) in [7, 11) is -2.26. The molecular weight excluding hydrogens is 460 g/mol. The second kappa shape index (κ2) is 7.31. The largest absolute Gasteiger partial charge is 0.365 e. The van der Waals surface area contributed by atoms with Gasteiger partial charge < -0.3 is 9.80 Å². The van der Waals surface area contributed by atoms with Gasteiger partial charge in [0.15, 0.2) is 11.6 Å². The molecule has 7 nitrogen and oxygen atoms in total. The maximum atomic E-state index is 15.0. The van der Waals surface area contributed by atoms with E-state index in [2.05, 4.69) is 14.9 Å². The van der Waals surface area contributed by atoms with Crippen LogP contribution in [0, 0.1) is 17.0 Å². The molecule has 34 heavy (non-hydrogen) atoms. The zero-order valence-electron chi connectivity index (χ0n) is 18.3. The molecule has 6 rings (SSSR count). The number of aromatic nitrogens is 3. The van der Waals surface area contributed by atoms with E-state index >= 15 is 8.78 Å². The minimum atomic E-state index is -4.27. The second-order valence-corrected chi connectivity index (χ2v) is 11.0. The molecule has 3 aromatic heterocycles. The van der Waals surface area contributed by atoms with Gasteiger partial charge in [0, 0.05) is 61.1 Å². The van der Waals surface area contributed by atoms with Gasteiger partial charge in [-0.3, -0.25) is 9.97 Å². The molecule has 1 aromatic carbocycles. The van der Waals surface area contributed by atoms with Gasteiger partial charge in [0.25, 0.3) is 10.0 Å². The van der Waals surface area contributed by atoms with E-state index in [-0.39, 0.29) is 11.1 Å². The molecular formula is C24H21F2N5O2S. The SMILES string of the molecule is CN1CC2(C1)CN(c1c(F)cc(S(=O)(=O)n3ccc4c(-c5ccccn5)cncc43)cc1F)C2. The van der Waals surface area contributed by atoms with Gasteiger partial charge >= 0.3 is 0 Å². The number of hydrogen-bond donors (Lipinski definition) is 0. The molecule has 0 amide bonds. The van der Waals surface area contributed by atoms with Crippen molar-refractivity contribution in [3.63, 3.8) is 0 Å². The third-order valence-corrected chi connectivity index (χ3v) is 8.32. The van der Waals surface area contributed by atoms with Crippen LogP contribution in [-0.4, -0.2) is 60.5 Å². The van der Waals surface area contributed by atoms with E-state index in [0.717, 1.165) is 29.2 Å². The highest BCUT2D eigenvalue weighted by atomic mass is 32.2. The zero-order chi connectivity index (χ0) is 23.7. The van der Waals surface area contributed by atoms with Crippen molar-refractivity contribution in [2.24, 2.45) is 5.41 Å². The summed E-state index contributed by atoms with van der Waals surface area (Å²) in [5, 5.41) is 0.617. The Labute approximate surface area is 195 Å². The minimum Gasteiger partial charge on any atom is -0.365 e. The Balaban J connectivity index is 1.37. The van der Waals surface area contributed by atoms with Crippen LogP contribution in [0.1, 0.15) is 0 Å². The Kier molecular flexibility index (Phi) is 4.56. The summed E-state index contributed by atoms with van der Waals surface area (Å²) in [6.07, 6.45) is 6.02. The first kappa shape index (κ1) is 21.2. The second-order valence-electron chi connectivity index (χ2n) is 9.22. The highest BCUT2D eigenvalue weighted by Crippen LogP contribution is 2.43. The summed E-state index contributed by atoms with van der Waals surface area (Å²) in [5.74, 6) is -1.77. The van der Waals surface area contributed by atoms with Crippen molar-refractivity contribution in [3.8, 4) is 11.3 Å². The summed E-state index contributed by atoms with van der Waals surface area (Å²) in [4.78, 5) is 11.8. The molecule has 0 N–H and O–H groups in total. The summed E-state index contributed by atoms with van der Waals surface area (Å²) >= 11 is 0. The molecule has 2 aliphatic rings. The summed E-state index contributed by atoms with van der Waals surface area (Å²) in [6, 6.07) is 8.83. The van der Waals surface area contributed by atoms with Crippen LogP contribution in [0.4, 0.5) is 14.5 Å². The minimum absolute atomic E-state index is 0.0841. The number of anilines is 1. The number of benzene rings is 1. The molecule has 0 saturated carbocycles. The lowest BCUT2D eigenvalue weighted by Gasteiger charge is -2.60. The van der Waals surface area contributed by atoms with Gasteiger partial charge in [0.2, 0.25) is 0 Å². The first-order chi connectivity index (χ1) is 16.3. The average molecular weight is 482 g/mol. The van der Waals surface area contributed by atoms with Crippen LogP contribution in [0.25, 0.3) is 22.2 Å². The standard InChI is InChI=1S/C24H21F2N5O2S/c1-29-12-24(13-29)14-30(15-24)23-19(25)8-16(9-20(23)26)34(32,33)31-7-5-17-18(10-27-11-22(17)31)21-4-2-3-6-28-21/h2-11H,12-15H2,1H3. The Bertz CT molecular complexity index is 1500. The third kappa shape index (κ3) is 3.13. The fourth-order valence-electron chi connectivity index (χ4n) is 5.30. The molecule has 10 heteroatoms. The van der Waals surface area contributed by atoms with Gasteiger partial charge in [-0.15, -0.1) is 0 Å². The molecule has 0 radical (unpaired) electrons. The smallest absolute Gasteiger partial charge is 0.268 e. The predicted molar refractivity (Wildman–Crippen MR) is 124 cm³/mol. The van der Waals surface area contributed by atoms with Crippen LogP contribution in [-0.2, 0) is 10.0 Å². The molecule has 2 aliphatic heterocycles. The summed E-state index contributed by atoms with van der Waals surface area (Å²) in [6.45, 7) is 2.91. The van der Waals surface area contributed by atoms with Gasteiger partial charge in [-0.2, -0.15) is 0 Å². The van der Waals surface area contributed by atoms with Gasteiger partial charge in [0.05, 0.1) is 22.3 Å². The number of fused-ring (bicyclic) bond motifs is 1. The monoisotopic (exact) mass is 481 g/mol. The van der Waals surface area contributed by atoms with Crippen LogP contribution in [0.3, 0.4) is 0 Å². The van der Waals surface area contributed by atoms with Crippen LogP contribution in [0.2, 0.25) is 0 Å². The first-order valence-corrected chi connectivity index (χ1v) is 12.3. The van der Waals surface area contributed by atoms with Crippen molar-refractivity contribution < 1.29 is 17.2 Å². The first-order valence-electron chi connectivity index (χ1n) is 10.8. The van der Waals surface area contributed by atoms with Crippen LogP contribution < -0.4 is 4.90 Å². The Morgan fingerprint density at radius 3 is 2.38 bits per heavy atom. The van der Waals surface area contributed by atoms with E-state index in [0.29, 0.717) is 35.2 Å². The normalized spacial score (nSPS) is 17.7. The molecule has 0 atom stereocenters. The van der Waals surface area contributed by atoms with Crippen molar-refractivity contribution in [1.29, 1.82) is 0 Å². The van der Waals surface area contributed by atoms with Crippen LogP contribution in [0.15, 0.2) is 66.1 Å². The van der Waals surface area contributed by atoms with Crippen molar-refractivity contribution in [2.45, 2.75) is 4.90 Å². The van der Waals surface area contributed by atoms with Crippen LogP contribution in [0.5, 0.6) is 0 Å². The molecule has 2 saturated heterocycles. The predicted octanol–water partition coefficient (Wildman–Crippen LogP) is 3.37. The van der Waals surface area contributed by atoms with E-state index in [1.807, 2.05) is 13.1 Å². The van der Waals surface area contributed by atoms with E-state index in [1.165, 1.54) is 12.4 Å². The molecule has 0 aliphatic carbocycles. The number of nitrogens with zero attached hydrogens (tertiary/aromatic N) is 5. The molecule has 4 aromatic rings. The molecule has 5 heterocycles. The summed E-state index contributed by atoms with van der Waals surface area (Å²) in [5.41, 5.74) is 1.51. The average Bonchev–Trinajstić information content (AvgIpc) is 3.21. The molecule has 0 unspecified atom stereocenters. The van der Waals surface area contributed by atoms with Crippen molar-refractivity contribution in [3.05, 3.63) is 72.8 Å². The zero-order valence-corrected chi connectivity index (χ0v) is 19.1. The maximum Gasteiger partial charge on any atom is 0.268 e. The topological polar surface area (TPSA) is 71.3 Å². The summed E-state index contributed by atoms with van der Waals surface area (Å²) < 4.78 is 57.8. The lowest BCUT2D eigenvalue weighted by atomic mass is 9.73. The van der Waals surface area contributed by atoms with Gasteiger partial charge in [0.1, 0.15) is 5.69 Å². The maximum absolute atomic E-state index is 15.0. The molecule has 1 spiro atoms. The highest BCUT2D eigenvalue weighted by Gasteiger charge is 2.51. The van der Waals surface area contributed by atoms with E-state index in [1.54, 1.807) is 35.5 Å². The third-order valence-electron chi connectivity index (χ3n) is 6.65. The fraction of sp³-hybridized carbons (Fsp3) is 0.250. The van der Waals surface area contributed by atoms with E-state index in [4.69, 9.17) is 0 Å². The lowest BCUT2D eigenvalue weighted by Crippen LogP contribution is -2.71. The Hall–Kier alpha value is -3.37. The van der Waals surface area contributed by atoms with Crippen molar-refractivity contribution >= 4 is 26.6 Å². The Morgan fingerprint density at radius 2 is 1.74 bits per heavy atom.